The minimum Gasteiger partial charge on any atom is -0.369 e. The summed E-state index contributed by atoms with van der Waals surface area (Å²) < 4.78 is 0. The average molecular weight is 151 g/mol. The molecule has 4 N–H and O–H groups in total. The molecule has 6 heteroatoms. The van der Waals surface area contributed by atoms with E-state index in [2.05, 4.69) is 15.3 Å². The predicted octanol–water partition coefficient (Wildman–Crippen LogP) is -0.755. The number of aromatic amines is 1. The number of aromatic nitrogens is 2. The Morgan fingerprint density at radius 2 is 2.55 bits per heavy atom. The van der Waals surface area contributed by atoms with Gasteiger partial charge in [-0.25, -0.2) is 0 Å². The van der Waals surface area contributed by atoms with Gasteiger partial charge in [-0.2, -0.15) is 10.2 Å². The largest absolute Gasteiger partial charge is 0.369 e. The van der Waals surface area contributed by atoms with Gasteiger partial charge in [0, 0.05) is 6.07 Å². The zero-order chi connectivity index (χ0) is 8.27. The van der Waals surface area contributed by atoms with Crippen molar-refractivity contribution in [1.29, 1.82) is 5.26 Å². The summed E-state index contributed by atoms with van der Waals surface area (Å²) in [5.41, 5.74) is 4.78. The molecule has 0 aromatic carbocycles. The van der Waals surface area contributed by atoms with Crippen molar-refractivity contribution in [1.82, 2.24) is 9.97 Å². The molecule has 6 nitrogen and oxygen atoms in total. The van der Waals surface area contributed by atoms with Crippen molar-refractivity contribution < 1.29 is 0 Å². The number of nitrogen functional groups attached to an aromatic ring is 1. The van der Waals surface area contributed by atoms with Crippen LogP contribution < -0.4 is 16.6 Å². The van der Waals surface area contributed by atoms with Gasteiger partial charge >= 0.3 is 0 Å². The van der Waals surface area contributed by atoms with Crippen LogP contribution in [0.4, 0.5) is 11.8 Å². The molecule has 11 heavy (non-hydrogen) atoms. The zero-order valence-electron chi connectivity index (χ0n) is 5.46. The lowest BCUT2D eigenvalue weighted by atomic mass is 10.6. The van der Waals surface area contributed by atoms with Crippen LogP contribution in [0.1, 0.15) is 0 Å². The highest BCUT2D eigenvalue weighted by atomic mass is 16.1. The van der Waals surface area contributed by atoms with E-state index >= 15 is 0 Å². The number of nitrogens with zero attached hydrogens (tertiary/aromatic N) is 2. The Labute approximate surface area is 61.7 Å². The lowest BCUT2D eigenvalue weighted by Crippen LogP contribution is -2.11. The molecule has 1 aromatic rings. The third-order valence-electron chi connectivity index (χ3n) is 0.944. The number of nitrogens with two attached hydrogens (primary N) is 1. The summed E-state index contributed by atoms with van der Waals surface area (Å²) in [6.45, 7) is 0. The molecule has 0 radical (unpaired) electrons. The molecule has 0 atom stereocenters. The first kappa shape index (κ1) is 7.08. The Kier molecular flexibility index (Phi) is 1.74. The molecule has 56 valence electrons. The minimum absolute atomic E-state index is 0.0183. The summed E-state index contributed by atoms with van der Waals surface area (Å²) in [7, 11) is 0. The van der Waals surface area contributed by atoms with E-state index < -0.39 is 5.56 Å². The summed E-state index contributed by atoms with van der Waals surface area (Å²) in [5.74, 6) is 0.129. The second-order valence-corrected chi connectivity index (χ2v) is 1.75. The van der Waals surface area contributed by atoms with Crippen LogP contribution in [-0.4, -0.2) is 9.97 Å². The maximum atomic E-state index is 10.7. The van der Waals surface area contributed by atoms with Gasteiger partial charge in [-0.1, -0.05) is 0 Å². The van der Waals surface area contributed by atoms with Crippen LogP contribution >= 0.6 is 0 Å². The number of nitriles is 1. The normalized spacial score (nSPS) is 8.64. The van der Waals surface area contributed by atoms with Crippen LogP contribution in [0.25, 0.3) is 0 Å². The van der Waals surface area contributed by atoms with E-state index in [0.29, 0.717) is 0 Å². The van der Waals surface area contributed by atoms with Gasteiger partial charge in [-0.05, 0) is 0 Å². The van der Waals surface area contributed by atoms with Crippen molar-refractivity contribution in [3.05, 3.63) is 16.4 Å². The van der Waals surface area contributed by atoms with Crippen molar-refractivity contribution in [3.63, 3.8) is 0 Å². The van der Waals surface area contributed by atoms with E-state index in [9.17, 15) is 4.79 Å². The molecule has 1 rings (SSSR count). The zero-order valence-corrected chi connectivity index (χ0v) is 5.46. The standard InChI is InChI=1S/C5H5N5O/c6-2-8-3-1-4(11)10-5(7)9-3/h1H,(H4,7,8,9,10,11). The summed E-state index contributed by atoms with van der Waals surface area (Å²) in [4.78, 5) is 16.5. The minimum atomic E-state index is -0.393. The predicted molar refractivity (Wildman–Crippen MR) is 38.5 cm³/mol. The van der Waals surface area contributed by atoms with Gasteiger partial charge in [0.25, 0.3) is 5.56 Å². The fourth-order valence-electron chi connectivity index (χ4n) is 0.598. The van der Waals surface area contributed by atoms with Gasteiger partial charge < -0.3 is 5.73 Å². The van der Waals surface area contributed by atoms with Gasteiger partial charge in [-0.15, -0.1) is 0 Å². The SMILES string of the molecule is N#CNc1cc(=O)[nH]c(N)n1. The average Bonchev–Trinajstić information content (AvgIpc) is 1.85. The van der Waals surface area contributed by atoms with Gasteiger partial charge in [0.2, 0.25) is 5.95 Å². The van der Waals surface area contributed by atoms with Crippen LogP contribution in [0, 0.1) is 11.5 Å². The molecule has 0 fully saturated rings. The molecule has 0 aliphatic carbocycles. The smallest absolute Gasteiger partial charge is 0.254 e. The Bertz CT molecular complexity index is 349. The molecule has 0 aliphatic heterocycles. The first-order chi connectivity index (χ1) is 5.22. The van der Waals surface area contributed by atoms with Crippen molar-refractivity contribution in [3.8, 4) is 6.19 Å². The molecule has 1 heterocycles. The summed E-state index contributed by atoms with van der Waals surface area (Å²) in [6, 6.07) is 1.14. The van der Waals surface area contributed by atoms with Gasteiger partial charge in [0.05, 0.1) is 0 Å². The fourth-order valence-corrected chi connectivity index (χ4v) is 0.598. The molecule has 0 aliphatic rings. The Balaban J connectivity index is 3.11. The van der Waals surface area contributed by atoms with E-state index in [1.54, 1.807) is 6.19 Å². The summed E-state index contributed by atoms with van der Waals surface area (Å²) >= 11 is 0. The third-order valence-corrected chi connectivity index (χ3v) is 0.944. The second kappa shape index (κ2) is 2.70. The Hall–Kier alpha value is -2.03. The van der Waals surface area contributed by atoms with Crippen LogP contribution in [0.2, 0.25) is 0 Å². The van der Waals surface area contributed by atoms with Crippen LogP contribution in [0.3, 0.4) is 0 Å². The molecular weight excluding hydrogens is 146 g/mol. The monoisotopic (exact) mass is 151 g/mol. The fraction of sp³-hybridized carbons (Fsp3) is 0. The van der Waals surface area contributed by atoms with E-state index in [0.717, 1.165) is 6.07 Å². The van der Waals surface area contributed by atoms with Gasteiger partial charge in [0.15, 0.2) is 6.19 Å². The van der Waals surface area contributed by atoms with E-state index in [4.69, 9.17) is 11.0 Å². The number of anilines is 2. The molecule has 0 amide bonds. The highest BCUT2D eigenvalue weighted by Gasteiger charge is 1.94. The highest BCUT2D eigenvalue weighted by molar-refractivity contribution is 5.40. The first-order valence-electron chi connectivity index (χ1n) is 2.74. The Morgan fingerprint density at radius 3 is 3.09 bits per heavy atom. The van der Waals surface area contributed by atoms with Crippen LogP contribution in [0.15, 0.2) is 10.9 Å². The molecule has 0 spiro atoms. The lowest BCUT2D eigenvalue weighted by Gasteiger charge is -1.95. The Morgan fingerprint density at radius 1 is 1.82 bits per heavy atom. The third kappa shape index (κ3) is 1.69. The van der Waals surface area contributed by atoms with Crippen LogP contribution in [-0.2, 0) is 0 Å². The first-order valence-corrected chi connectivity index (χ1v) is 2.74. The van der Waals surface area contributed by atoms with Crippen molar-refractivity contribution in [2.75, 3.05) is 11.1 Å². The topological polar surface area (TPSA) is 108 Å². The second-order valence-electron chi connectivity index (χ2n) is 1.75. The number of hydrogen-bond donors (Lipinski definition) is 3. The maximum absolute atomic E-state index is 10.7. The van der Waals surface area contributed by atoms with Crippen molar-refractivity contribution in [2.24, 2.45) is 0 Å². The number of H-pyrrole nitrogens is 1. The quantitative estimate of drug-likeness (QED) is 0.361. The molecule has 0 saturated carbocycles. The molecule has 1 aromatic heterocycles. The van der Waals surface area contributed by atoms with E-state index in [1.807, 2.05) is 0 Å². The molecular formula is C5H5N5O. The number of rotatable bonds is 1. The highest BCUT2D eigenvalue weighted by Crippen LogP contribution is 1.96. The van der Waals surface area contributed by atoms with Gasteiger partial charge in [-0.3, -0.25) is 15.1 Å². The van der Waals surface area contributed by atoms with Crippen molar-refractivity contribution in [2.45, 2.75) is 0 Å². The lowest BCUT2D eigenvalue weighted by molar-refractivity contribution is 1.14. The molecule has 0 saturated heterocycles. The number of hydrogen-bond acceptors (Lipinski definition) is 5. The molecule has 0 unspecified atom stereocenters. The van der Waals surface area contributed by atoms with E-state index in [-0.39, 0.29) is 11.8 Å². The van der Waals surface area contributed by atoms with Crippen molar-refractivity contribution >= 4 is 11.8 Å². The summed E-state index contributed by atoms with van der Waals surface area (Å²) in [6.07, 6.45) is 1.62. The van der Waals surface area contributed by atoms with Crippen LogP contribution in [0.5, 0.6) is 0 Å². The number of nitrogens with one attached hydrogen (secondary N) is 2. The van der Waals surface area contributed by atoms with E-state index in [1.165, 1.54) is 0 Å². The summed E-state index contributed by atoms with van der Waals surface area (Å²) in [5, 5.41) is 10.3. The molecule has 0 bridgehead atoms. The maximum Gasteiger partial charge on any atom is 0.254 e. The van der Waals surface area contributed by atoms with Gasteiger partial charge in [0.1, 0.15) is 5.82 Å².